The first-order valence-electron chi connectivity index (χ1n) is 4.16. The van der Waals surface area contributed by atoms with Crippen molar-refractivity contribution in [2.24, 2.45) is 0 Å². The Morgan fingerprint density at radius 2 is 2.33 bits per heavy atom. The number of aliphatic hydroxyl groups is 1. The van der Waals surface area contributed by atoms with Gasteiger partial charge in [-0.3, -0.25) is 4.68 Å². The summed E-state index contributed by atoms with van der Waals surface area (Å²) in [5, 5.41) is 13.3. The van der Waals surface area contributed by atoms with Crippen LogP contribution in [0.15, 0.2) is 6.20 Å². The van der Waals surface area contributed by atoms with Crippen LogP contribution >= 0.6 is 0 Å². The summed E-state index contributed by atoms with van der Waals surface area (Å²) in [6.45, 7) is 1.89. The van der Waals surface area contributed by atoms with Crippen LogP contribution in [0.3, 0.4) is 0 Å². The number of aromatic nitrogens is 2. The maximum Gasteiger partial charge on any atom is 0.0823 e. The Labute approximate surface area is 71.0 Å². The van der Waals surface area contributed by atoms with E-state index in [9.17, 15) is 0 Å². The Kier molecular flexibility index (Phi) is 1.58. The van der Waals surface area contributed by atoms with Crippen molar-refractivity contribution < 1.29 is 5.11 Å². The van der Waals surface area contributed by atoms with Gasteiger partial charge in [0.25, 0.3) is 0 Å². The van der Waals surface area contributed by atoms with Gasteiger partial charge in [0.1, 0.15) is 0 Å². The minimum absolute atomic E-state index is 0.138. The van der Waals surface area contributed by atoms with Gasteiger partial charge in [0.2, 0.25) is 0 Å². The Morgan fingerprint density at radius 1 is 1.67 bits per heavy atom. The first-order valence-corrected chi connectivity index (χ1v) is 4.16. The van der Waals surface area contributed by atoms with Crippen LogP contribution in [-0.4, -0.2) is 21.0 Å². The highest BCUT2D eigenvalue weighted by Gasteiger charge is 2.29. The fourth-order valence-electron chi connectivity index (χ4n) is 1.46. The molecule has 66 valence electrons. The SMILES string of the molecule is Cc1nn(C2CC(O)C2)cc1N. The minimum Gasteiger partial charge on any atom is -0.396 e. The van der Waals surface area contributed by atoms with Crippen LogP contribution in [0.25, 0.3) is 0 Å². The van der Waals surface area contributed by atoms with Crippen LogP contribution in [0.1, 0.15) is 24.6 Å². The van der Waals surface area contributed by atoms with E-state index >= 15 is 0 Å². The molecule has 0 bridgehead atoms. The molecule has 1 fully saturated rings. The smallest absolute Gasteiger partial charge is 0.0823 e. The zero-order valence-corrected chi connectivity index (χ0v) is 7.07. The topological polar surface area (TPSA) is 64.1 Å². The molecule has 1 aromatic rings. The highest BCUT2D eigenvalue weighted by molar-refractivity contribution is 5.39. The monoisotopic (exact) mass is 167 g/mol. The van der Waals surface area contributed by atoms with Crippen molar-refractivity contribution in [2.45, 2.75) is 31.9 Å². The van der Waals surface area contributed by atoms with Crippen LogP contribution < -0.4 is 5.73 Å². The summed E-state index contributed by atoms with van der Waals surface area (Å²) in [5.74, 6) is 0. The number of aliphatic hydroxyl groups excluding tert-OH is 1. The molecule has 0 saturated heterocycles. The molecule has 0 aliphatic heterocycles. The molecule has 4 heteroatoms. The molecule has 12 heavy (non-hydrogen) atoms. The summed E-state index contributed by atoms with van der Waals surface area (Å²) >= 11 is 0. The molecule has 3 N–H and O–H groups in total. The molecule has 0 radical (unpaired) electrons. The van der Waals surface area contributed by atoms with Crippen molar-refractivity contribution in [3.05, 3.63) is 11.9 Å². The van der Waals surface area contributed by atoms with Crippen molar-refractivity contribution in [1.29, 1.82) is 0 Å². The quantitative estimate of drug-likeness (QED) is 0.639. The van der Waals surface area contributed by atoms with Gasteiger partial charge in [0.15, 0.2) is 0 Å². The number of anilines is 1. The van der Waals surface area contributed by atoms with Crippen LogP contribution in [-0.2, 0) is 0 Å². The number of nitrogens with two attached hydrogens (primary N) is 1. The molecule has 1 heterocycles. The molecular formula is C8H13N3O. The van der Waals surface area contributed by atoms with Gasteiger partial charge in [-0.1, -0.05) is 0 Å². The average molecular weight is 167 g/mol. The van der Waals surface area contributed by atoms with Crippen molar-refractivity contribution >= 4 is 5.69 Å². The van der Waals surface area contributed by atoms with E-state index in [1.807, 2.05) is 17.8 Å². The lowest BCUT2D eigenvalue weighted by Gasteiger charge is -2.31. The number of nitrogen functional groups attached to an aromatic ring is 1. The van der Waals surface area contributed by atoms with Crippen molar-refractivity contribution in [1.82, 2.24) is 9.78 Å². The Bertz CT molecular complexity index is 269. The molecule has 1 aromatic heterocycles. The van der Waals surface area contributed by atoms with Gasteiger partial charge in [0.05, 0.1) is 23.5 Å². The summed E-state index contributed by atoms with van der Waals surface area (Å²) in [5.41, 5.74) is 7.25. The molecule has 1 aliphatic carbocycles. The average Bonchev–Trinajstić information content (AvgIpc) is 2.26. The molecule has 2 rings (SSSR count). The standard InChI is InChI=1S/C8H13N3O/c1-5-8(9)4-11(10-5)6-2-7(12)3-6/h4,6-7,12H,2-3,9H2,1H3. The molecule has 4 nitrogen and oxygen atoms in total. The van der Waals surface area contributed by atoms with Gasteiger partial charge in [-0.2, -0.15) is 5.10 Å². The zero-order chi connectivity index (χ0) is 8.72. The van der Waals surface area contributed by atoms with Gasteiger partial charge < -0.3 is 10.8 Å². The Balaban J connectivity index is 2.14. The van der Waals surface area contributed by atoms with Gasteiger partial charge in [-0.25, -0.2) is 0 Å². The van der Waals surface area contributed by atoms with E-state index in [-0.39, 0.29) is 6.10 Å². The highest BCUT2D eigenvalue weighted by Crippen LogP contribution is 2.32. The fraction of sp³-hybridized carbons (Fsp3) is 0.625. The van der Waals surface area contributed by atoms with E-state index in [0.717, 1.165) is 24.2 Å². The van der Waals surface area contributed by atoms with Crippen LogP contribution in [0.4, 0.5) is 5.69 Å². The second kappa shape index (κ2) is 2.48. The number of hydrogen-bond acceptors (Lipinski definition) is 3. The Hall–Kier alpha value is -1.03. The third-order valence-electron chi connectivity index (χ3n) is 2.42. The van der Waals surface area contributed by atoms with Crippen LogP contribution in [0, 0.1) is 6.92 Å². The third kappa shape index (κ3) is 1.08. The summed E-state index contributed by atoms with van der Waals surface area (Å²) in [6.07, 6.45) is 3.31. The lowest BCUT2D eigenvalue weighted by atomic mass is 9.90. The second-order valence-electron chi connectivity index (χ2n) is 3.43. The lowest BCUT2D eigenvalue weighted by Crippen LogP contribution is -2.31. The van der Waals surface area contributed by atoms with Gasteiger partial charge >= 0.3 is 0 Å². The minimum atomic E-state index is -0.138. The number of rotatable bonds is 1. The van der Waals surface area contributed by atoms with Gasteiger partial charge in [-0.15, -0.1) is 0 Å². The normalized spacial score (nSPS) is 28.5. The maximum absolute atomic E-state index is 9.08. The van der Waals surface area contributed by atoms with Crippen molar-refractivity contribution in [3.8, 4) is 0 Å². The highest BCUT2D eigenvalue weighted by atomic mass is 16.3. The largest absolute Gasteiger partial charge is 0.396 e. The van der Waals surface area contributed by atoms with Gasteiger partial charge in [0, 0.05) is 6.20 Å². The lowest BCUT2D eigenvalue weighted by molar-refractivity contribution is 0.0433. The molecule has 0 aromatic carbocycles. The van der Waals surface area contributed by atoms with Gasteiger partial charge in [-0.05, 0) is 19.8 Å². The molecule has 0 atom stereocenters. The summed E-state index contributed by atoms with van der Waals surface area (Å²) in [7, 11) is 0. The third-order valence-corrected chi connectivity index (χ3v) is 2.42. The number of hydrogen-bond donors (Lipinski definition) is 2. The summed E-state index contributed by atoms with van der Waals surface area (Å²) in [6, 6.07) is 0.357. The number of nitrogens with zero attached hydrogens (tertiary/aromatic N) is 2. The van der Waals surface area contributed by atoms with E-state index in [4.69, 9.17) is 10.8 Å². The van der Waals surface area contributed by atoms with E-state index in [1.165, 1.54) is 0 Å². The summed E-state index contributed by atoms with van der Waals surface area (Å²) in [4.78, 5) is 0. The van der Waals surface area contributed by atoms with E-state index in [0.29, 0.717) is 6.04 Å². The fourth-order valence-corrected chi connectivity index (χ4v) is 1.46. The molecule has 0 amide bonds. The second-order valence-corrected chi connectivity index (χ2v) is 3.43. The molecular weight excluding hydrogens is 154 g/mol. The first kappa shape index (κ1) is 7.61. The molecule has 0 unspecified atom stereocenters. The van der Waals surface area contributed by atoms with E-state index < -0.39 is 0 Å². The summed E-state index contributed by atoms with van der Waals surface area (Å²) < 4.78 is 1.86. The molecule has 1 aliphatic rings. The van der Waals surface area contributed by atoms with Crippen molar-refractivity contribution in [3.63, 3.8) is 0 Å². The first-order chi connectivity index (χ1) is 5.66. The van der Waals surface area contributed by atoms with Crippen LogP contribution in [0.2, 0.25) is 0 Å². The Morgan fingerprint density at radius 3 is 2.75 bits per heavy atom. The predicted octanol–water partition coefficient (Wildman–Crippen LogP) is 0.470. The molecule has 1 saturated carbocycles. The molecule has 0 spiro atoms. The number of aryl methyl sites for hydroxylation is 1. The van der Waals surface area contributed by atoms with Crippen molar-refractivity contribution in [2.75, 3.05) is 5.73 Å². The maximum atomic E-state index is 9.08. The van der Waals surface area contributed by atoms with Crippen LogP contribution in [0.5, 0.6) is 0 Å². The van der Waals surface area contributed by atoms with E-state index in [2.05, 4.69) is 5.10 Å². The predicted molar refractivity (Wildman–Crippen MR) is 45.7 cm³/mol. The zero-order valence-electron chi connectivity index (χ0n) is 7.07. The van der Waals surface area contributed by atoms with E-state index in [1.54, 1.807) is 0 Å².